The number of ether oxygens (including phenoxy) is 1. The second-order valence-corrected chi connectivity index (χ2v) is 3.90. The highest BCUT2D eigenvalue weighted by Crippen LogP contribution is 2.28. The topological polar surface area (TPSA) is 141 Å². The molecular formula is C9H12N4O5. The van der Waals surface area contributed by atoms with Crippen LogP contribution in [0, 0.1) is 5.53 Å². The molecule has 1 aromatic heterocycles. The van der Waals surface area contributed by atoms with E-state index in [1.165, 1.54) is 6.20 Å². The largest absolute Gasteiger partial charge is 0.387 e. The summed E-state index contributed by atoms with van der Waals surface area (Å²) < 4.78 is 6.23. The lowest BCUT2D eigenvalue weighted by molar-refractivity contribution is -0.0375. The van der Waals surface area contributed by atoms with Gasteiger partial charge < -0.3 is 14.9 Å². The fourth-order valence-electron chi connectivity index (χ4n) is 1.83. The third-order valence-corrected chi connectivity index (χ3v) is 2.73. The molecule has 0 spiro atoms. The van der Waals surface area contributed by atoms with Gasteiger partial charge in [0.2, 0.25) is 0 Å². The van der Waals surface area contributed by atoms with E-state index in [-0.39, 0.29) is 6.54 Å². The van der Waals surface area contributed by atoms with Crippen LogP contribution >= 0.6 is 0 Å². The second-order valence-electron chi connectivity index (χ2n) is 3.90. The van der Waals surface area contributed by atoms with Gasteiger partial charge in [0.15, 0.2) is 6.23 Å². The molecule has 1 saturated heterocycles. The lowest BCUT2D eigenvalue weighted by Crippen LogP contribution is -2.37. The van der Waals surface area contributed by atoms with E-state index in [0.717, 1.165) is 10.6 Å². The second kappa shape index (κ2) is 4.80. The van der Waals surface area contributed by atoms with Crippen molar-refractivity contribution in [3.63, 3.8) is 0 Å². The van der Waals surface area contributed by atoms with Crippen LogP contribution in [0.3, 0.4) is 0 Å². The van der Waals surface area contributed by atoms with Gasteiger partial charge in [-0.15, -0.1) is 0 Å². The fourth-order valence-corrected chi connectivity index (χ4v) is 1.83. The van der Waals surface area contributed by atoms with Crippen molar-refractivity contribution in [3.05, 3.63) is 33.1 Å². The molecule has 1 aliphatic rings. The van der Waals surface area contributed by atoms with E-state index in [1.807, 2.05) is 4.98 Å². The molecule has 1 aliphatic heterocycles. The maximum absolute atomic E-state index is 11.5. The average Bonchev–Trinajstić information content (AvgIpc) is 2.58. The summed E-state index contributed by atoms with van der Waals surface area (Å²) in [5.41, 5.74) is 5.38. The van der Waals surface area contributed by atoms with Crippen molar-refractivity contribution in [2.75, 3.05) is 6.54 Å². The fraction of sp³-hybridized carbons (Fsp3) is 0.556. The van der Waals surface area contributed by atoms with Crippen LogP contribution < -0.4 is 11.2 Å². The molecule has 18 heavy (non-hydrogen) atoms. The summed E-state index contributed by atoms with van der Waals surface area (Å²) in [7, 11) is 0. The van der Waals surface area contributed by atoms with Gasteiger partial charge in [-0.05, 0) is 0 Å². The van der Waals surface area contributed by atoms with Gasteiger partial charge in [-0.3, -0.25) is 14.3 Å². The maximum atomic E-state index is 11.5. The van der Waals surface area contributed by atoms with Crippen LogP contribution in [0.15, 0.2) is 27.0 Å². The lowest BCUT2D eigenvalue weighted by atomic mass is 10.1. The minimum atomic E-state index is -1.33. The van der Waals surface area contributed by atoms with Gasteiger partial charge >= 0.3 is 5.69 Å². The van der Waals surface area contributed by atoms with Gasteiger partial charge in [0, 0.05) is 12.3 Å². The van der Waals surface area contributed by atoms with Crippen LogP contribution in [0.2, 0.25) is 0 Å². The Kier molecular flexibility index (Phi) is 3.36. The van der Waals surface area contributed by atoms with Crippen molar-refractivity contribution < 1.29 is 14.9 Å². The number of aromatic amines is 1. The van der Waals surface area contributed by atoms with Crippen molar-refractivity contribution in [2.45, 2.75) is 24.5 Å². The third-order valence-electron chi connectivity index (χ3n) is 2.73. The summed E-state index contributed by atoms with van der Waals surface area (Å²) in [6.07, 6.45) is -3.39. The Morgan fingerprint density at radius 3 is 2.78 bits per heavy atom. The summed E-state index contributed by atoms with van der Waals surface area (Å²) in [5, 5.41) is 22.5. The van der Waals surface area contributed by atoms with Gasteiger partial charge in [0.05, 0.1) is 6.54 Å². The molecule has 2 unspecified atom stereocenters. The Balaban J connectivity index is 2.31. The Hall–Kier alpha value is -1.84. The number of aliphatic hydroxyl groups is 2. The highest BCUT2D eigenvalue weighted by molar-refractivity contribution is 4.93. The van der Waals surface area contributed by atoms with Crippen LogP contribution in [-0.2, 0) is 4.74 Å². The number of hydrogen-bond acceptors (Lipinski definition) is 7. The lowest BCUT2D eigenvalue weighted by Gasteiger charge is -2.16. The SMILES string of the molecule is N=NC[C@H]1O[C@@H](n2ccc(=O)[nH]c2=O)C(O)C1O. The molecule has 2 heterocycles. The average molecular weight is 256 g/mol. The molecule has 4 N–H and O–H groups in total. The third kappa shape index (κ3) is 2.10. The number of nitrogens with zero attached hydrogens (tertiary/aromatic N) is 2. The molecule has 9 nitrogen and oxygen atoms in total. The molecule has 4 atom stereocenters. The van der Waals surface area contributed by atoms with Gasteiger partial charge in [0.25, 0.3) is 5.56 Å². The highest BCUT2D eigenvalue weighted by Gasteiger charge is 2.43. The first kappa shape index (κ1) is 12.6. The van der Waals surface area contributed by atoms with E-state index in [1.54, 1.807) is 0 Å². The molecule has 0 aromatic carbocycles. The van der Waals surface area contributed by atoms with Crippen LogP contribution in [-0.4, -0.2) is 44.6 Å². The Bertz CT molecular complexity index is 552. The van der Waals surface area contributed by atoms with Crippen LogP contribution in [0.1, 0.15) is 6.23 Å². The summed E-state index contributed by atoms with van der Waals surface area (Å²) in [5.74, 6) is 0. The molecule has 0 amide bonds. The molecule has 0 saturated carbocycles. The van der Waals surface area contributed by atoms with E-state index < -0.39 is 35.8 Å². The normalized spacial score (nSPS) is 31.4. The number of nitrogens with one attached hydrogen (secondary N) is 2. The number of hydrogen-bond donors (Lipinski definition) is 4. The molecule has 2 rings (SSSR count). The van der Waals surface area contributed by atoms with Gasteiger partial charge in [0.1, 0.15) is 18.3 Å². The summed E-state index contributed by atoms with van der Waals surface area (Å²) in [6.45, 7) is -0.118. The number of aliphatic hydroxyl groups excluding tert-OH is 2. The zero-order chi connectivity index (χ0) is 13.3. The van der Waals surface area contributed by atoms with Crippen LogP contribution in [0.4, 0.5) is 0 Å². The number of aromatic nitrogens is 2. The molecule has 0 radical (unpaired) electrons. The zero-order valence-corrected chi connectivity index (χ0v) is 9.18. The van der Waals surface area contributed by atoms with Gasteiger partial charge in [-0.2, -0.15) is 5.11 Å². The molecule has 0 bridgehead atoms. The molecule has 9 heteroatoms. The summed E-state index contributed by atoms with van der Waals surface area (Å²) >= 11 is 0. The van der Waals surface area contributed by atoms with Crippen molar-refractivity contribution in [1.82, 2.24) is 9.55 Å². The van der Waals surface area contributed by atoms with E-state index in [9.17, 15) is 19.8 Å². The summed E-state index contributed by atoms with van der Waals surface area (Å²) in [4.78, 5) is 24.4. The van der Waals surface area contributed by atoms with E-state index in [0.29, 0.717) is 0 Å². The standard InChI is InChI=1S/C9H12N4O5/c10-11-3-4-6(15)7(16)8(18-4)13-2-1-5(14)12-9(13)17/h1-2,4,6-8,10,15-16H,3H2,(H,12,14,17)/t4-,6?,7?,8-/m1/s1. The minimum Gasteiger partial charge on any atom is -0.387 e. The van der Waals surface area contributed by atoms with Crippen molar-refractivity contribution in [3.8, 4) is 0 Å². The quantitative estimate of drug-likeness (QED) is 0.471. The van der Waals surface area contributed by atoms with E-state index >= 15 is 0 Å². The van der Waals surface area contributed by atoms with Crippen molar-refractivity contribution in [2.24, 2.45) is 5.11 Å². The molecular weight excluding hydrogens is 244 g/mol. The van der Waals surface area contributed by atoms with Crippen molar-refractivity contribution >= 4 is 0 Å². The molecule has 1 fully saturated rings. The number of H-pyrrole nitrogens is 1. The minimum absolute atomic E-state index is 0.118. The van der Waals surface area contributed by atoms with E-state index in [4.69, 9.17) is 10.3 Å². The zero-order valence-electron chi connectivity index (χ0n) is 9.18. The summed E-state index contributed by atoms with van der Waals surface area (Å²) in [6, 6.07) is 1.10. The predicted octanol–water partition coefficient (Wildman–Crippen LogP) is -1.81. The van der Waals surface area contributed by atoms with Gasteiger partial charge in [-0.1, -0.05) is 0 Å². The Labute approximate surface area is 100 Å². The first-order valence-corrected chi connectivity index (χ1v) is 5.21. The Morgan fingerprint density at radius 1 is 1.44 bits per heavy atom. The Morgan fingerprint density at radius 2 is 2.17 bits per heavy atom. The first-order valence-electron chi connectivity index (χ1n) is 5.21. The van der Waals surface area contributed by atoms with Gasteiger partial charge in [-0.25, -0.2) is 10.3 Å². The molecule has 98 valence electrons. The molecule has 1 aromatic rings. The van der Waals surface area contributed by atoms with Crippen LogP contribution in [0.25, 0.3) is 0 Å². The highest BCUT2D eigenvalue weighted by atomic mass is 16.6. The number of rotatable bonds is 3. The molecule has 0 aliphatic carbocycles. The first-order chi connectivity index (χ1) is 8.54. The monoisotopic (exact) mass is 256 g/mol. The van der Waals surface area contributed by atoms with E-state index in [2.05, 4.69) is 5.11 Å². The van der Waals surface area contributed by atoms with Crippen LogP contribution in [0.5, 0.6) is 0 Å². The smallest absolute Gasteiger partial charge is 0.330 e. The van der Waals surface area contributed by atoms with Crippen molar-refractivity contribution in [1.29, 1.82) is 5.53 Å². The maximum Gasteiger partial charge on any atom is 0.330 e. The predicted molar refractivity (Wildman–Crippen MR) is 57.3 cm³/mol.